The van der Waals surface area contributed by atoms with Crippen molar-refractivity contribution in [2.75, 3.05) is 4.90 Å². The molecule has 0 radical (unpaired) electrons. The third-order valence-corrected chi connectivity index (χ3v) is 5.08. The summed E-state index contributed by atoms with van der Waals surface area (Å²) in [5, 5.41) is 4.96. The molecule has 5 rings (SSSR count). The quantitative estimate of drug-likeness (QED) is 0.502. The van der Waals surface area contributed by atoms with E-state index in [-0.39, 0.29) is 16.8 Å². The largest absolute Gasteiger partial charge is 0.450 e. The fourth-order valence-corrected chi connectivity index (χ4v) is 3.71. The Hall–Kier alpha value is -3.38. The first kappa shape index (κ1) is 16.8. The molecule has 6 nitrogen and oxygen atoms in total. The summed E-state index contributed by atoms with van der Waals surface area (Å²) in [6.07, 6.45) is 0. The summed E-state index contributed by atoms with van der Waals surface area (Å²) in [6, 6.07) is 14.8. The molecule has 0 fully saturated rings. The van der Waals surface area contributed by atoms with E-state index in [0.29, 0.717) is 27.6 Å². The van der Waals surface area contributed by atoms with Crippen LogP contribution >= 0.6 is 11.6 Å². The van der Waals surface area contributed by atoms with Crippen molar-refractivity contribution in [3.63, 3.8) is 0 Å². The van der Waals surface area contributed by atoms with Crippen LogP contribution in [0.25, 0.3) is 11.0 Å². The Bertz CT molecular complexity index is 1290. The molecule has 0 aliphatic carbocycles. The van der Waals surface area contributed by atoms with Crippen molar-refractivity contribution in [2.45, 2.75) is 13.0 Å². The number of benzene rings is 2. The van der Waals surface area contributed by atoms with Crippen LogP contribution in [0.1, 0.15) is 33.5 Å². The van der Waals surface area contributed by atoms with Gasteiger partial charge in [0.25, 0.3) is 5.91 Å². The molecule has 2 aromatic heterocycles. The summed E-state index contributed by atoms with van der Waals surface area (Å²) in [5.74, 6) is 0.450. The first-order chi connectivity index (χ1) is 13.5. The molecule has 0 N–H and O–H groups in total. The number of aryl methyl sites for hydroxylation is 1. The Morgan fingerprint density at radius 3 is 2.54 bits per heavy atom. The first-order valence-corrected chi connectivity index (χ1v) is 9.00. The number of anilines is 1. The molecular weight excluding hydrogens is 380 g/mol. The fraction of sp³-hybridized carbons (Fsp3) is 0.0952. The van der Waals surface area contributed by atoms with Gasteiger partial charge in [0.05, 0.1) is 17.0 Å². The van der Waals surface area contributed by atoms with Crippen LogP contribution in [0.3, 0.4) is 0 Å². The lowest BCUT2D eigenvalue weighted by Gasteiger charge is -2.22. The molecule has 4 aromatic rings. The number of para-hydroxylation sites is 1. The highest BCUT2D eigenvalue weighted by Crippen LogP contribution is 2.41. The number of hydrogen-bond donors (Lipinski definition) is 0. The molecular formula is C21H13ClN2O4. The summed E-state index contributed by atoms with van der Waals surface area (Å²) >= 11 is 6.03. The molecule has 1 amide bonds. The van der Waals surface area contributed by atoms with E-state index in [0.717, 1.165) is 5.56 Å². The second-order valence-electron chi connectivity index (χ2n) is 6.60. The minimum absolute atomic E-state index is 0.0179. The average Bonchev–Trinajstić information content (AvgIpc) is 3.24. The predicted octanol–water partition coefficient (Wildman–Crippen LogP) is 4.49. The van der Waals surface area contributed by atoms with Crippen LogP contribution in [0.2, 0.25) is 5.02 Å². The maximum Gasteiger partial charge on any atom is 0.296 e. The van der Waals surface area contributed by atoms with Crippen molar-refractivity contribution >= 4 is 34.3 Å². The van der Waals surface area contributed by atoms with Crippen molar-refractivity contribution in [1.29, 1.82) is 0 Å². The van der Waals surface area contributed by atoms with Crippen molar-refractivity contribution in [2.24, 2.45) is 0 Å². The van der Waals surface area contributed by atoms with Gasteiger partial charge in [-0.25, -0.2) is 0 Å². The fourth-order valence-electron chi connectivity index (χ4n) is 3.58. The Balaban J connectivity index is 1.82. The maximum absolute atomic E-state index is 13.3. The van der Waals surface area contributed by atoms with Crippen molar-refractivity contribution in [1.82, 2.24) is 5.16 Å². The summed E-state index contributed by atoms with van der Waals surface area (Å²) in [4.78, 5) is 28.0. The van der Waals surface area contributed by atoms with E-state index in [2.05, 4.69) is 5.16 Å². The highest BCUT2D eigenvalue weighted by atomic mass is 35.5. The topological polar surface area (TPSA) is 76.6 Å². The number of carbonyl (C=O) groups excluding carboxylic acids is 1. The molecule has 7 heteroatoms. The number of aromatic nitrogens is 1. The number of fused-ring (bicyclic) bond motifs is 2. The molecule has 0 bridgehead atoms. The number of amides is 1. The zero-order chi connectivity index (χ0) is 19.4. The summed E-state index contributed by atoms with van der Waals surface area (Å²) in [5.41, 5.74) is 1.13. The van der Waals surface area contributed by atoms with Crippen molar-refractivity contribution < 1.29 is 13.7 Å². The van der Waals surface area contributed by atoms with E-state index in [4.69, 9.17) is 20.5 Å². The van der Waals surface area contributed by atoms with Gasteiger partial charge in [0.1, 0.15) is 11.3 Å². The van der Waals surface area contributed by atoms with Crippen LogP contribution in [0.15, 0.2) is 68.3 Å². The van der Waals surface area contributed by atoms with Gasteiger partial charge in [-0.15, -0.1) is 0 Å². The monoisotopic (exact) mass is 392 g/mol. The predicted molar refractivity (Wildman–Crippen MR) is 104 cm³/mol. The Labute approximate surface area is 163 Å². The summed E-state index contributed by atoms with van der Waals surface area (Å²) < 4.78 is 11.0. The number of halogens is 1. The van der Waals surface area contributed by atoms with Crippen LogP contribution in [0, 0.1) is 6.92 Å². The van der Waals surface area contributed by atoms with Gasteiger partial charge in [0.2, 0.25) is 5.76 Å². The third kappa shape index (κ3) is 2.38. The van der Waals surface area contributed by atoms with Gasteiger partial charge in [-0.3, -0.25) is 14.5 Å². The lowest BCUT2D eigenvalue weighted by atomic mass is 9.98. The van der Waals surface area contributed by atoms with E-state index >= 15 is 0 Å². The molecule has 2 aromatic carbocycles. The molecule has 28 heavy (non-hydrogen) atoms. The van der Waals surface area contributed by atoms with E-state index in [1.165, 1.54) is 4.90 Å². The van der Waals surface area contributed by atoms with E-state index in [1.807, 2.05) is 0 Å². The molecule has 1 atom stereocenters. The normalized spacial score (nSPS) is 16.0. The SMILES string of the molecule is Cc1cc(N2C(=O)c3oc4ccccc4c(=O)c3C2c2ccc(Cl)cc2)no1. The maximum atomic E-state index is 13.3. The van der Waals surface area contributed by atoms with Crippen LogP contribution in [-0.2, 0) is 0 Å². The number of hydrogen-bond acceptors (Lipinski definition) is 5. The average molecular weight is 393 g/mol. The molecule has 138 valence electrons. The molecule has 0 saturated carbocycles. The molecule has 0 saturated heterocycles. The number of nitrogens with zero attached hydrogens (tertiary/aromatic N) is 2. The van der Waals surface area contributed by atoms with Gasteiger partial charge in [-0.05, 0) is 36.8 Å². The lowest BCUT2D eigenvalue weighted by Crippen LogP contribution is -2.29. The summed E-state index contributed by atoms with van der Waals surface area (Å²) in [6.45, 7) is 1.74. The highest BCUT2D eigenvalue weighted by molar-refractivity contribution is 6.30. The van der Waals surface area contributed by atoms with Crippen molar-refractivity contribution in [3.8, 4) is 0 Å². The van der Waals surface area contributed by atoms with Crippen molar-refractivity contribution in [3.05, 3.63) is 92.5 Å². The van der Waals surface area contributed by atoms with E-state index < -0.39 is 11.9 Å². The molecule has 1 aliphatic heterocycles. The molecule has 1 unspecified atom stereocenters. The van der Waals surface area contributed by atoms with Gasteiger partial charge >= 0.3 is 0 Å². The second kappa shape index (κ2) is 6.07. The van der Waals surface area contributed by atoms with Crippen LogP contribution < -0.4 is 10.3 Å². The van der Waals surface area contributed by atoms with Gasteiger partial charge in [0.15, 0.2) is 11.2 Å². The standard InChI is InChI=1S/C21H13ClN2O4/c1-11-10-16(23-28-11)24-18(12-6-8-13(22)9-7-12)17-19(25)14-4-2-3-5-15(14)27-20(17)21(24)26/h2-10,18H,1H3. The Morgan fingerprint density at radius 1 is 1.07 bits per heavy atom. The van der Waals surface area contributed by atoms with Crippen LogP contribution in [-0.4, -0.2) is 11.1 Å². The number of rotatable bonds is 2. The van der Waals surface area contributed by atoms with Crippen LogP contribution in [0.5, 0.6) is 0 Å². The van der Waals surface area contributed by atoms with Gasteiger partial charge in [-0.1, -0.05) is 41.0 Å². The van der Waals surface area contributed by atoms with Crippen LogP contribution in [0.4, 0.5) is 5.82 Å². The Morgan fingerprint density at radius 2 is 1.82 bits per heavy atom. The number of carbonyl (C=O) groups is 1. The van der Waals surface area contributed by atoms with Gasteiger partial charge in [-0.2, -0.15) is 0 Å². The second-order valence-corrected chi connectivity index (χ2v) is 7.03. The summed E-state index contributed by atoms with van der Waals surface area (Å²) in [7, 11) is 0. The zero-order valence-electron chi connectivity index (χ0n) is 14.7. The minimum Gasteiger partial charge on any atom is -0.450 e. The lowest BCUT2D eigenvalue weighted by molar-refractivity contribution is 0.0969. The molecule has 0 spiro atoms. The van der Waals surface area contributed by atoms with Gasteiger partial charge < -0.3 is 8.94 Å². The van der Waals surface area contributed by atoms with E-state index in [9.17, 15) is 9.59 Å². The minimum atomic E-state index is -0.690. The smallest absolute Gasteiger partial charge is 0.296 e. The first-order valence-electron chi connectivity index (χ1n) is 8.62. The molecule has 1 aliphatic rings. The molecule has 3 heterocycles. The zero-order valence-corrected chi connectivity index (χ0v) is 15.4. The third-order valence-electron chi connectivity index (χ3n) is 4.83. The van der Waals surface area contributed by atoms with E-state index in [1.54, 1.807) is 61.5 Å². The Kier molecular flexibility index (Phi) is 3.64. The van der Waals surface area contributed by atoms with Gasteiger partial charge in [0, 0.05) is 11.1 Å². The highest BCUT2D eigenvalue weighted by Gasteiger charge is 2.44.